The van der Waals surface area contributed by atoms with Crippen LogP contribution < -0.4 is 14.4 Å². The summed E-state index contributed by atoms with van der Waals surface area (Å²) in [5.41, 5.74) is 0.153. The molecular formula is C16H16F2N2O4S. The van der Waals surface area contributed by atoms with Crippen LogP contribution in [0.3, 0.4) is 0 Å². The minimum atomic E-state index is -3.37. The number of nitrogens with one attached hydrogen (secondary N) is 1. The van der Waals surface area contributed by atoms with Gasteiger partial charge in [0.05, 0.1) is 17.6 Å². The maximum atomic E-state index is 13.4. The molecule has 1 amide bonds. The van der Waals surface area contributed by atoms with Gasteiger partial charge in [0, 0.05) is 13.1 Å². The van der Waals surface area contributed by atoms with Gasteiger partial charge in [-0.1, -0.05) is 0 Å². The largest absolute Gasteiger partial charge is 0.484 e. The van der Waals surface area contributed by atoms with Crippen LogP contribution in [0.15, 0.2) is 42.5 Å². The van der Waals surface area contributed by atoms with Crippen LogP contribution in [-0.4, -0.2) is 34.2 Å². The molecular weight excluding hydrogens is 354 g/mol. The van der Waals surface area contributed by atoms with Crippen molar-refractivity contribution in [3.8, 4) is 5.75 Å². The molecule has 2 aromatic carbocycles. The minimum Gasteiger partial charge on any atom is -0.484 e. The molecule has 0 heterocycles. The lowest BCUT2D eigenvalue weighted by Gasteiger charge is -2.16. The van der Waals surface area contributed by atoms with E-state index in [1.807, 2.05) is 0 Å². The van der Waals surface area contributed by atoms with Gasteiger partial charge in [-0.05, 0) is 36.4 Å². The van der Waals surface area contributed by atoms with Crippen LogP contribution >= 0.6 is 0 Å². The summed E-state index contributed by atoms with van der Waals surface area (Å²) in [7, 11) is -1.97. The third-order valence-electron chi connectivity index (χ3n) is 3.27. The highest BCUT2D eigenvalue weighted by molar-refractivity contribution is 7.92. The average molecular weight is 370 g/mol. The van der Waals surface area contributed by atoms with Gasteiger partial charge in [-0.2, -0.15) is 0 Å². The molecule has 0 unspecified atom stereocenters. The van der Waals surface area contributed by atoms with Crippen molar-refractivity contribution in [3.05, 3.63) is 54.1 Å². The molecule has 0 spiro atoms. The zero-order valence-corrected chi connectivity index (χ0v) is 14.3. The Morgan fingerprint density at radius 1 is 1.16 bits per heavy atom. The fourth-order valence-corrected chi connectivity index (χ4v) is 2.38. The Hall–Kier alpha value is -2.68. The lowest BCUT2D eigenvalue weighted by atomic mass is 10.3. The van der Waals surface area contributed by atoms with Crippen LogP contribution in [0.2, 0.25) is 0 Å². The topological polar surface area (TPSA) is 75.7 Å². The Labute approximate surface area is 144 Å². The van der Waals surface area contributed by atoms with Gasteiger partial charge in [0.25, 0.3) is 5.91 Å². The first-order valence-corrected chi connectivity index (χ1v) is 8.93. The second-order valence-electron chi connectivity index (χ2n) is 5.19. The number of sulfonamides is 1. The first kappa shape index (κ1) is 18.7. The number of rotatable bonds is 6. The van der Waals surface area contributed by atoms with Crippen molar-refractivity contribution >= 4 is 27.3 Å². The van der Waals surface area contributed by atoms with Gasteiger partial charge in [-0.3, -0.25) is 9.10 Å². The summed E-state index contributed by atoms with van der Waals surface area (Å²) in [5, 5.41) is 2.20. The molecule has 0 bridgehead atoms. The molecule has 2 aromatic rings. The van der Waals surface area contributed by atoms with Crippen LogP contribution in [0.1, 0.15) is 0 Å². The smallest absolute Gasteiger partial charge is 0.262 e. The van der Waals surface area contributed by atoms with Gasteiger partial charge in [0.15, 0.2) is 6.61 Å². The van der Waals surface area contributed by atoms with Crippen molar-refractivity contribution in [1.82, 2.24) is 0 Å². The van der Waals surface area contributed by atoms with Gasteiger partial charge in [-0.15, -0.1) is 0 Å². The van der Waals surface area contributed by atoms with Gasteiger partial charge in [0.2, 0.25) is 10.0 Å². The van der Waals surface area contributed by atoms with E-state index in [0.29, 0.717) is 11.4 Å². The van der Waals surface area contributed by atoms with Crippen LogP contribution in [-0.2, 0) is 14.8 Å². The van der Waals surface area contributed by atoms with E-state index in [4.69, 9.17) is 4.74 Å². The van der Waals surface area contributed by atoms with Crippen LogP contribution in [0, 0.1) is 11.6 Å². The lowest BCUT2D eigenvalue weighted by Crippen LogP contribution is -2.24. The number of benzene rings is 2. The van der Waals surface area contributed by atoms with E-state index in [2.05, 4.69) is 5.32 Å². The Morgan fingerprint density at radius 2 is 1.80 bits per heavy atom. The zero-order valence-electron chi connectivity index (χ0n) is 13.5. The molecule has 0 aliphatic heterocycles. The maximum Gasteiger partial charge on any atom is 0.262 e. The Balaban J connectivity index is 1.95. The van der Waals surface area contributed by atoms with E-state index in [0.717, 1.165) is 28.8 Å². The van der Waals surface area contributed by atoms with E-state index in [-0.39, 0.29) is 5.69 Å². The van der Waals surface area contributed by atoms with Crippen molar-refractivity contribution in [3.63, 3.8) is 0 Å². The van der Waals surface area contributed by atoms with Gasteiger partial charge >= 0.3 is 0 Å². The highest BCUT2D eigenvalue weighted by atomic mass is 32.2. The highest BCUT2D eigenvalue weighted by Gasteiger charge is 2.12. The minimum absolute atomic E-state index is 0.279. The first-order valence-electron chi connectivity index (χ1n) is 7.08. The third kappa shape index (κ3) is 5.15. The standard InChI is InChI=1S/C16H16F2N2O4S/c1-20(25(2,22)23)12-4-6-13(7-5-12)24-10-16(21)19-15-9-11(17)3-8-14(15)18/h3-9H,10H2,1-2H3,(H,19,21). The molecule has 0 aliphatic carbocycles. The Morgan fingerprint density at radius 3 is 2.40 bits per heavy atom. The first-order chi connectivity index (χ1) is 11.7. The van der Waals surface area contributed by atoms with Crippen LogP contribution in [0.25, 0.3) is 0 Å². The molecule has 0 fully saturated rings. The Kier molecular flexibility index (Phi) is 5.58. The third-order valence-corrected chi connectivity index (χ3v) is 4.48. The van der Waals surface area contributed by atoms with Crippen molar-refractivity contribution in [2.24, 2.45) is 0 Å². The average Bonchev–Trinajstić information content (AvgIpc) is 2.55. The van der Waals surface area contributed by atoms with E-state index < -0.39 is 34.2 Å². The molecule has 0 aliphatic rings. The summed E-state index contributed by atoms with van der Waals surface area (Å²) in [6, 6.07) is 8.73. The molecule has 0 aromatic heterocycles. The second kappa shape index (κ2) is 7.47. The number of ether oxygens (including phenoxy) is 1. The molecule has 9 heteroatoms. The quantitative estimate of drug-likeness (QED) is 0.847. The number of hydrogen-bond acceptors (Lipinski definition) is 4. The molecule has 0 saturated heterocycles. The number of hydrogen-bond donors (Lipinski definition) is 1. The number of halogens is 2. The monoisotopic (exact) mass is 370 g/mol. The second-order valence-corrected chi connectivity index (χ2v) is 7.20. The molecule has 2 rings (SSSR count). The fraction of sp³-hybridized carbons (Fsp3) is 0.188. The van der Waals surface area contributed by atoms with Crippen molar-refractivity contribution in [1.29, 1.82) is 0 Å². The number of carbonyl (C=O) groups excluding carboxylic acids is 1. The molecule has 6 nitrogen and oxygen atoms in total. The van der Waals surface area contributed by atoms with E-state index >= 15 is 0 Å². The normalized spacial score (nSPS) is 11.0. The van der Waals surface area contributed by atoms with Crippen molar-refractivity contribution < 1.29 is 26.7 Å². The number of amides is 1. The summed E-state index contributed by atoms with van der Waals surface area (Å²) in [4.78, 5) is 11.7. The van der Waals surface area contributed by atoms with E-state index in [1.165, 1.54) is 31.3 Å². The van der Waals surface area contributed by atoms with Crippen LogP contribution in [0.5, 0.6) is 5.75 Å². The van der Waals surface area contributed by atoms with E-state index in [9.17, 15) is 22.0 Å². The summed E-state index contributed by atoms with van der Waals surface area (Å²) >= 11 is 0. The number of nitrogens with zero attached hydrogens (tertiary/aromatic N) is 1. The summed E-state index contributed by atoms with van der Waals surface area (Å²) in [6.07, 6.45) is 1.08. The SMILES string of the molecule is CN(c1ccc(OCC(=O)Nc2cc(F)ccc2F)cc1)S(C)(=O)=O. The fourth-order valence-electron chi connectivity index (χ4n) is 1.87. The van der Waals surface area contributed by atoms with Gasteiger partial charge < -0.3 is 10.1 Å². The van der Waals surface area contributed by atoms with Crippen molar-refractivity contribution in [2.45, 2.75) is 0 Å². The number of carbonyl (C=O) groups is 1. The number of anilines is 2. The molecule has 1 N–H and O–H groups in total. The molecule has 0 radical (unpaired) electrons. The van der Waals surface area contributed by atoms with E-state index in [1.54, 1.807) is 0 Å². The predicted octanol–water partition coefficient (Wildman–Crippen LogP) is 2.38. The molecule has 134 valence electrons. The summed E-state index contributed by atoms with van der Waals surface area (Å²) in [6.45, 7) is -0.419. The highest BCUT2D eigenvalue weighted by Crippen LogP contribution is 2.20. The summed E-state index contributed by atoms with van der Waals surface area (Å²) in [5.74, 6) is -1.78. The molecule has 0 saturated carbocycles. The Bertz CT molecular complexity index is 870. The zero-order chi connectivity index (χ0) is 18.6. The lowest BCUT2D eigenvalue weighted by molar-refractivity contribution is -0.118. The molecule has 25 heavy (non-hydrogen) atoms. The predicted molar refractivity (Wildman–Crippen MR) is 90.2 cm³/mol. The van der Waals surface area contributed by atoms with Gasteiger partial charge in [0.1, 0.15) is 17.4 Å². The van der Waals surface area contributed by atoms with Crippen LogP contribution in [0.4, 0.5) is 20.2 Å². The summed E-state index contributed by atoms with van der Waals surface area (Å²) < 4.78 is 55.7. The van der Waals surface area contributed by atoms with Crippen molar-refractivity contribution in [2.75, 3.05) is 29.5 Å². The van der Waals surface area contributed by atoms with Gasteiger partial charge in [-0.25, -0.2) is 17.2 Å². The molecule has 0 atom stereocenters. The maximum absolute atomic E-state index is 13.4.